The maximum absolute atomic E-state index is 10.5. The van der Waals surface area contributed by atoms with Gasteiger partial charge in [-0.15, -0.1) is 0 Å². The fourth-order valence-electron chi connectivity index (χ4n) is 2.91. The van der Waals surface area contributed by atoms with E-state index in [2.05, 4.69) is 9.88 Å². The van der Waals surface area contributed by atoms with Crippen molar-refractivity contribution >= 4 is 5.82 Å². The molecule has 1 aromatic heterocycles. The van der Waals surface area contributed by atoms with E-state index in [1.807, 2.05) is 55.5 Å². The molecule has 3 rings (SSSR count). The van der Waals surface area contributed by atoms with Crippen LogP contribution in [0.3, 0.4) is 0 Å². The summed E-state index contributed by atoms with van der Waals surface area (Å²) >= 11 is 0. The summed E-state index contributed by atoms with van der Waals surface area (Å²) in [5, 5.41) is 10.5. The molecule has 0 radical (unpaired) electrons. The minimum absolute atomic E-state index is 0.137. The molecule has 2 heterocycles. The molecule has 22 heavy (non-hydrogen) atoms. The minimum atomic E-state index is -0.486. The highest BCUT2D eigenvalue weighted by molar-refractivity contribution is 5.41. The average molecular weight is 298 g/mol. The van der Waals surface area contributed by atoms with E-state index in [4.69, 9.17) is 4.74 Å². The SMILES string of the molecule is Cc1cccc(N2CCOCC2CC(O)c2ccccc2)n1. The predicted molar refractivity (Wildman–Crippen MR) is 86.9 cm³/mol. The highest BCUT2D eigenvalue weighted by Crippen LogP contribution is 2.25. The molecule has 1 fully saturated rings. The highest BCUT2D eigenvalue weighted by atomic mass is 16.5. The fraction of sp³-hybridized carbons (Fsp3) is 0.389. The predicted octanol–water partition coefficient (Wildman–Crippen LogP) is 2.72. The number of aliphatic hydroxyl groups is 1. The first-order valence-electron chi connectivity index (χ1n) is 7.75. The van der Waals surface area contributed by atoms with Crippen LogP contribution in [0, 0.1) is 6.92 Å². The summed E-state index contributed by atoms with van der Waals surface area (Å²) in [7, 11) is 0. The van der Waals surface area contributed by atoms with Gasteiger partial charge in [0.05, 0.1) is 25.4 Å². The van der Waals surface area contributed by atoms with Gasteiger partial charge in [-0.1, -0.05) is 36.4 Å². The number of pyridine rings is 1. The molecule has 0 bridgehead atoms. The van der Waals surface area contributed by atoms with Crippen LogP contribution in [-0.2, 0) is 4.74 Å². The van der Waals surface area contributed by atoms with E-state index in [1.165, 1.54) is 0 Å². The highest BCUT2D eigenvalue weighted by Gasteiger charge is 2.27. The van der Waals surface area contributed by atoms with Crippen molar-refractivity contribution in [1.29, 1.82) is 0 Å². The van der Waals surface area contributed by atoms with Crippen LogP contribution in [0.15, 0.2) is 48.5 Å². The molecule has 2 atom stereocenters. The molecule has 2 unspecified atom stereocenters. The number of ether oxygens (including phenoxy) is 1. The number of nitrogens with zero attached hydrogens (tertiary/aromatic N) is 2. The van der Waals surface area contributed by atoms with Gasteiger partial charge in [-0.05, 0) is 24.6 Å². The Morgan fingerprint density at radius 3 is 2.82 bits per heavy atom. The lowest BCUT2D eigenvalue weighted by Gasteiger charge is -2.37. The molecule has 4 nitrogen and oxygen atoms in total. The van der Waals surface area contributed by atoms with Crippen molar-refractivity contribution in [3.63, 3.8) is 0 Å². The van der Waals surface area contributed by atoms with Crippen LogP contribution in [0.2, 0.25) is 0 Å². The largest absolute Gasteiger partial charge is 0.388 e. The van der Waals surface area contributed by atoms with Gasteiger partial charge < -0.3 is 14.7 Å². The summed E-state index contributed by atoms with van der Waals surface area (Å²) in [4.78, 5) is 6.87. The Balaban J connectivity index is 1.75. The van der Waals surface area contributed by atoms with E-state index in [0.717, 1.165) is 23.6 Å². The second-order valence-electron chi connectivity index (χ2n) is 5.72. The van der Waals surface area contributed by atoms with Crippen molar-refractivity contribution in [1.82, 2.24) is 4.98 Å². The van der Waals surface area contributed by atoms with E-state index in [9.17, 15) is 5.11 Å². The van der Waals surface area contributed by atoms with Crippen molar-refractivity contribution in [2.45, 2.75) is 25.5 Å². The molecule has 4 heteroatoms. The molecule has 116 valence electrons. The van der Waals surface area contributed by atoms with Gasteiger partial charge in [0.1, 0.15) is 5.82 Å². The smallest absolute Gasteiger partial charge is 0.129 e. The molecule has 1 N–H and O–H groups in total. The van der Waals surface area contributed by atoms with Crippen LogP contribution in [0.1, 0.15) is 23.8 Å². The second kappa shape index (κ2) is 6.90. The van der Waals surface area contributed by atoms with Gasteiger partial charge in [0.2, 0.25) is 0 Å². The summed E-state index contributed by atoms with van der Waals surface area (Å²) in [6.45, 7) is 4.13. The third-order valence-corrected chi connectivity index (χ3v) is 4.08. The molecule has 0 spiro atoms. The lowest BCUT2D eigenvalue weighted by Crippen LogP contribution is -2.46. The monoisotopic (exact) mass is 298 g/mol. The van der Waals surface area contributed by atoms with Crippen molar-refractivity contribution < 1.29 is 9.84 Å². The number of anilines is 1. The Hall–Kier alpha value is -1.91. The number of aryl methyl sites for hydroxylation is 1. The Bertz CT molecular complexity index is 603. The maximum atomic E-state index is 10.5. The Labute approximate surface area is 131 Å². The zero-order chi connectivity index (χ0) is 15.4. The van der Waals surface area contributed by atoms with Gasteiger partial charge >= 0.3 is 0 Å². The van der Waals surface area contributed by atoms with Gasteiger partial charge in [0.15, 0.2) is 0 Å². The normalized spacial score (nSPS) is 19.9. The molecular weight excluding hydrogens is 276 g/mol. The number of aliphatic hydroxyl groups excluding tert-OH is 1. The van der Waals surface area contributed by atoms with Gasteiger partial charge in [-0.2, -0.15) is 0 Å². The van der Waals surface area contributed by atoms with Crippen molar-refractivity contribution in [3.8, 4) is 0 Å². The average Bonchev–Trinajstić information content (AvgIpc) is 2.56. The minimum Gasteiger partial charge on any atom is -0.388 e. The maximum Gasteiger partial charge on any atom is 0.129 e. The topological polar surface area (TPSA) is 45.6 Å². The first kappa shape index (κ1) is 15.0. The van der Waals surface area contributed by atoms with Gasteiger partial charge in [-0.25, -0.2) is 4.98 Å². The zero-order valence-electron chi connectivity index (χ0n) is 12.9. The van der Waals surface area contributed by atoms with Gasteiger partial charge in [0, 0.05) is 18.7 Å². The molecule has 1 saturated heterocycles. The number of morpholine rings is 1. The van der Waals surface area contributed by atoms with Gasteiger partial charge in [0.25, 0.3) is 0 Å². The van der Waals surface area contributed by atoms with Crippen molar-refractivity contribution in [2.24, 2.45) is 0 Å². The molecule has 0 saturated carbocycles. The summed E-state index contributed by atoms with van der Waals surface area (Å²) in [5.74, 6) is 0.966. The number of hydrogen-bond donors (Lipinski definition) is 1. The number of benzene rings is 1. The van der Waals surface area contributed by atoms with E-state index in [1.54, 1.807) is 0 Å². The third kappa shape index (κ3) is 3.46. The van der Waals surface area contributed by atoms with Gasteiger partial charge in [-0.3, -0.25) is 0 Å². The van der Waals surface area contributed by atoms with E-state index in [-0.39, 0.29) is 6.04 Å². The number of aromatic nitrogens is 1. The molecule has 2 aromatic rings. The Morgan fingerprint density at radius 1 is 1.23 bits per heavy atom. The first-order valence-corrected chi connectivity index (χ1v) is 7.75. The first-order chi connectivity index (χ1) is 10.7. The Kier molecular flexibility index (Phi) is 4.71. The summed E-state index contributed by atoms with van der Waals surface area (Å²) < 4.78 is 5.62. The van der Waals surface area contributed by atoms with Crippen molar-refractivity contribution in [3.05, 3.63) is 59.8 Å². The van der Waals surface area contributed by atoms with E-state index < -0.39 is 6.10 Å². The van der Waals surface area contributed by atoms with E-state index in [0.29, 0.717) is 19.6 Å². The number of hydrogen-bond acceptors (Lipinski definition) is 4. The van der Waals surface area contributed by atoms with Crippen molar-refractivity contribution in [2.75, 3.05) is 24.7 Å². The van der Waals surface area contributed by atoms with Crippen LogP contribution in [-0.4, -0.2) is 35.9 Å². The molecule has 0 aliphatic carbocycles. The van der Waals surface area contributed by atoms with Crippen LogP contribution in [0.5, 0.6) is 0 Å². The number of rotatable bonds is 4. The lowest BCUT2D eigenvalue weighted by atomic mass is 10.0. The summed E-state index contributed by atoms with van der Waals surface area (Å²) in [6, 6.07) is 16.0. The van der Waals surface area contributed by atoms with E-state index >= 15 is 0 Å². The zero-order valence-corrected chi connectivity index (χ0v) is 12.9. The van der Waals surface area contributed by atoms with Crippen LogP contribution in [0.25, 0.3) is 0 Å². The quantitative estimate of drug-likeness (QED) is 0.942. The fourth-order valence-corrected chi connectivity index (χ4v) is 2.91. The second-order valence-corrected chi connectivity index (χ2v) is 5.72. The summed E-state index contributed by atoms with van der Waals surface area (Å²) in [5.41, 5.74) is 1.96. The molecule has 1 aliphatic rings. The lowest BCUT2D eigenvalue weighted by molar-refractivity contribution is 0.0676. The molecule has 0 amide bonds. The molecular formula is C18H22N2O2. The van der Waals surface area contributed by atoms with Crippen LogP contribution >= 0.6 is 0 Å². The summed E-state index contributed by atoms with van der Waals surface area (Å²) in [6.07, 6.45) is 0.153. The molecule has 1 aliphatic heterocycles. The molecule has 1 aromatic carbocycles. The van der Waals surface area contributed by atoms with Crippen LogP contribution < -0.4 is 4.90 Å². The standard InChI is InChI=1S/C18H22N2O2/c1-14-6-5-9-18(19-14)20-10-11-22-13-16(20)12-17(21)15-7-3-2-4-8-15/h2-9,16-17,21H,10-13H2,1H3. The Morgan fingerprint density at radius 2 is 2.05 bits per heavy atom. The van der Waals surface area contributed by atoms with Crippen LogP contribution in [0.4, 0.5) is 5.82 Å². The third-order valence-electron chi connectivity index (χ3n) is 4.08.